The molecule has 0 unspecified atom stereocenters. The van der Waals surface area contributed by atoms with Crippen molar-refractivity contribution in [2.24, 2.45) is 0 Å². The summed E-state index contributed by atoms with van der Waals surface area (Å²) in [6.45, 7) is 2.03. The number of benzene rings is 1. The molecule has 0 atom stereocenters. The number of rotatable bonds is 9. The van der Waals surface area contributed by atoms with Gasteiger partial charge in [-0.3, -0.25) is 9.52 Å². The Kier molecular flexibility index (Phi) is 7.22. The molecule has 3 N–H and O–H groups in total. The molecule has 0 radical (unpaired) electrons. The zero-order valence-electron chi connectivity index (χ0n) is 12.5. The van der Waals surface area contributed by atoms with Crippen molar-refractivity contribution in [3.8, 4) is 0 Å². The third kappa shape index (κ3) is 6.83. The summed E-state index contributed by atoms with van der Waals surface area (Å²) in [5, 5.41) is 5.62. The minimum absolute atomic E-state index is 0.0359. The molecule has 0 aromatic heterocycles. The molecule has 0 aliphatic rings. The van der Waals surface area contributed by atoms with Crippen LogP contribution in [-0.2, 0) is 14.8 Å². The quantitative estimate of drug-likeness (QED) is 0.560. The average Bonchev–Trinajstić information content (AvgIpc) is 2.43. The number of amides is 1. The molecule has 0 saturated heterocycles. The Morgan fingerprint density at radius 3 is 2.64 bits per heavy atom. The van der Waals surface area contributed by atoms with E-state index in [1.54, 1.807) is 7.11 Å². The highest BCUT2D eigenvalue weighted by Gasteiger charge is 2.14. The third-order valence-corrected chi connectivity index (χ3v) is 3.18. The average molecular weight is 333 g/mol. The summed E-state index contributed by atoms with van der Waals surface area (Å²) in [6.07, 6.45) is 0.956. The second-order valence-corrected chi connectivity index (χ2v) is 6.31. The maximum Gasteiger partial charge on any atom is 0.253 e. The lowest BCUT2D eigenvalue weighted by Crippen LogP contribution is -2.33. The van der Waals surface area contributed by atoms with Crippen LogP contribution in [0.4, 0.5) is 10.1 Å². The third-order valence-electron chi connectivity index (χ3n) is 2.59. The predicted octanol–water partition coefficient (Wildman–Crippen LogP) is 0.163. The van der Waals surface area contributed by atoms with Crippen molar-refractivity contribution in [2.75, 3.05) is 44.3 Å². The first-order valence-corrected chi connectivity index (χ1v) is 8.48. The number of hydrogen-bond acceptors (Lipinski definition) is 5. The van der Waals surface area contributed by atoms with Crippen LogP contribution in [0.15, 0.2) is 18.2 Å². The van der Waals surface area contributed by atoms with Crippen molar-refractivity contribution >= 4 is 21.6 Å². The van der Waals surface area contributed by atoms with E-state index in [1.807, 2.05) is 0 Å². The monoisotopic (exact) mass is 333 g/mol. The zero-order valence-corrected chi connectivity index (χ0v) is 13.3. The molecule has 22 heavy (non-hydrogen) atoms. The van der Waals surface area contributed by atoms with Crippen LogP contribution in [0.25, 0.3) is 0 Å². The van der Waals surface area contributed by atoms with Gasteiger partial charge in [0.2, 0.25) is 10.0 Å². The van der Waals surface area contributed by atoms with Gasteiger partial charge in [-0.15, -0.1) is 0 Å². The van der Waals surface area contributed by atoms with E-state index in [2.05, 4.69) is 15.4 Å². The lowest BCUT2D eigenvalue weighted by atomic mass is 10.1. The second-order valence-electron chi connectivity index (χ2n) is 4.56. The van der Waals surface area contributed by atoms with Crippen molar-refractivity contribution in [3.05, 3.63) is 29.6 Å². The summed E-state index contributed by atoms with van der Waals surface area (Å²) >= 11 is 0. The van der Waals surface area contributed by atoms with E-state index in [9.17, 15) is 17.6 Å². The van der Waals surface area contributed by atoms with Crippen LogP contribution < -0.4 is 15.4 Å². The van der Waals surface area contributed by atoms with Crippen LogP contribution in [0.2, 0.25) is 0 Å². The van der Waals surface area contributed by atoms with Gasteiger partial charge in [0, 0.05) is 26.7 Å². The molecule has 0 saturated carbocycles. The summed E-state index contributed by atoms with van der Waals surface area (Å²) in [6, 6.07) is 3.28. The fourth-order valence-corrected chi connectivity index (χ4v) is 2.23. The minimum Gasteiger partial charge on any atom is -0.383 e. The summed E-state index contributed by atoms with van der Waals surface area (Å²) in [5.41, 5.74) is -0.0314. The smallest absolute Gasteiger partial charge is 0.253 e. The van der Waals surface area contributed by atoms with Crippen LogP contribution in [0.3, 0.4) is 0 Å². The molecule has 1 aromatic rings. The lowest BCUT2D eigenvalue weighted by Gasteiger charge is -2.11. The van der Waals surface area contributed by atoms with E-state index in [1.165, 1.54) is 6.07 Å². The summed E-state index contributed by atoms with van der Waals surface area (Å²) in [5.74, 6) is -1.18. The van der Waals surface area contributed by atoms with Gasteiger partial charge in [-0.25, -0.2) is 12.8 Å². The number of carbonyl (C=O) groups is 1. The van der Waals surface area contributed by atoms with Gasteiger partial charge in [0.25, 0.3) is 5.91 Å². The van der Waals surface area contributed by atoms with Crippen molar-refractivity contribution in [2.45, 2.75) is 0 Å². The van der Waals surface area contributed by atoms with Crippen LogP contribution in [0, 0.1) is 5.82 Å². The molecule has 0 bridgehead atoms. The number of sulfonamides is 1. The number of carbonyl (C=O) groups excluding carboxylic acids is 1. The molecule has 0 fully saturated rings. The van der Waals surface area contributed by atoms with E-state index < -0.39 is 21.7 Å². The Labute approximate surface area is 129 Å². The Bertz CT molecular complexity index is 607. The highest BCUT2D eigenvalue weighted by Crippen LogP contribution is 2.18. The van der Waals surface area contributed by atoms with Gasteiger partial charge < -0.3 is 15.4 Å². The van der Waals surface area contributed by atoms with E-state index in [0.717, 1.165) is 18.4 Å². The molecule has 0 aliphatic carbocycles. The van der Waals surface area contributed by atoms with Crippen molar-refractivity contribution < 1.29 is 22.3 Å². The van der Waals surface area contributed by atoms with E-state index in [4.69, 9.17) is 4.74 Å². The maximum absolute atomic E-state index is 13.3. The first-order chi connectivity index (χ1) is 10.3. The minimum atomic E-state index is -3.56. The molecule has 1 aromatic carbocycles. The Morgan fingerprint density at radius 1 is 1.27 bits per heavy atom. The highest BCUT2D eigenvalue weighted by atomic mass is 32.2. The second kappa shape index (κ2) is 8.66. The lowest BCUT2D eigenvalue weighted by molar-refractivity contribution is 0.0954. The molecule has 124 valence electrons. The maximum atomic E-state index is 13.3. The topological polar surface area (TPSA) is 96.5 Å². The highest BCUT2D eigenvalue weighted by molar-refractivity contribution is 7.92. The number of anilines is 1. The van der Waals surface area contributed by atoms with Gasteiger partial charge in [-0.2, -0.15) is 0 Å². The fraction of sp³-hybridized carbons (Fsp3) is 0.462. The molecule has 7 nitrogen and oxygen atoms in total. The molecule has 0 spiro atoms. The number of ether oxygens (including phenoxy) is 1. The predicted molar refractivity (Wildman–Crippen MR) is 81.9 cm³/mol. The summed E-state index contributed by atoms with van der Waals surface area (Å²) < 4.78 is 42.9. The van der Waals surface area contributed by atoms with Gasteiger partial charge in [-0.1, -0.05) is 0 Å². The van der Waals surface area contributed by atoms with E-state index >= 15 is 0 Å². The Hall–Kier alpha value is -1.71. The SMILES string of the molecule is COCCNCCNC(=O)c1cc(F)ccc1NS(C)(=O)=O. The Balaban J connectivity index is 2.65. The summed E-state index contributed by atoms with van der Waals surface area (Å²) in [4.78, 5) is 12.0. The standard InChI is InChI=1S/C13H20FN3O4S/c1-21-8-7-15-5-6-16-13(18)11-9-10(14)3-4-12(11)17-22(2,19)20/h3-4,9,15,17H,5-8H2,1-2H3,(H,16,18). The first-order valence-electron chi connectivity index (χ1n) is 6.58. The van der Waals surface area contributed by atoms with Crippen molar-refractivity contribution in [1.82, 2.24) is 10.6 Å². The number of hydrogen-bond donors (Lipinski definition) is 3. The van der Waals surface area contributed by atoms with Gasteiger partial charge in [0.15, 0.2) is 0 Å². The van der Waals surface area contributed by atoms with Crippen molar-refractivity contribution in [3.63, 3.8) is 0 Å². The molecule has 0 aliphatic heterocycles. The van der Waals surface area contributed by atoms with Crippen LogP contribution in [0.5, 0.6) is 0 Å². The molecular weight excluding hydrogens is 313 g/mol. The van der Waals surface area contributed by atoms with Crippen molar-refractivity contribution in [1.29, 1.82) is 0 Å². The van der Waals surface area contributed by atoms with Gasteiger partial charge in [-0.05, 0) is 18.2 Å². The molecular formula is C13H20FN3O4S. The molecule has 0 heterocycles. The van der Waals surface area contributed by atoms with Crippen LogP contribution in [-0.4, -0.2) is 53.9 Å². The van der Waals surface area contributed by atoms with E-state index in [-0.39, 0.29) is 11.3 Å². The molecule has 1 amide bonds. The number of nitrogens with one attached hydrogen (secondary N) is 3. The van der Waals surface area contributed by atoms with E-state index in [0.29, 0.717) is 26.2 Å². The first kappa shape index (κ1) is 18.3. The molecule has 9 heteroatoms. The largest absolute Gasteiger partial charge is 0.383 e. The van der Waals surface area contributed by atoms with Gasteiger partial charge in [0.05, 0.1) is 24.1 Å². The van der Waals surface area contributed by atoms with Crippen LogP contribution in [0.1, 0.15) is 10.4 Å². The van der Waals surface area contributed by atoms with Gasteiger partial charge >= 0.3 is 0 Å². The Morgan fingerprint density at radius 2 is 2.00 bits per heavy atom. The normalized spacial score (nSPS) is 11.2. The number of methoxy groups -OCH3 is 1. The number of halogens is 1. The summed E-state index contributed by atoms with van der Waals surface area (Å²) in [7, 11) is -1.97. The van der Waals surface area contributed by atoms with Gasteiger partial charge in [0.1, 0.15) is 5.82 Å². The molecule has 1 rings (SSSR count). The zero-order chi connectivity index (χ0) is 16.6. The fourth-order valence-electron chi connectivity index (χ4n) is 1.65. The van der Waals surface area contributed by atoms with Crippen LogP contribution >= 0.6 is 0 Å².